The molecule has 1 aliphatic heterocycles. The monoisotopic (exact) mass is 486 g/mol. The minimum Gasteiger partial charge on any atom is -0.342 e. The fourth-order valence-corrected chi connectivity index (χ4v) is 6.77. The van der Waals surface area contributed by atoms with Crippen LogP contribution in [0.5, 0.6) is 0 Å². The maximum absolute atomic E-state index is 14.5. The Kier molecular flexibility index (Phi) is 6.74. The van der Waals surface area contributed by atoms with Crippen molar-refractivity contribution in [2.75, 3.05) is 20.1 Å². The summed E-state index contributed by atoms with van der Waals surface area (Å²) in [5, 5.41) is 2.15. The van der Waals surface area contributed by atoms with Gasteiger partial charge in [-0.2, -0.15) is 0 Å². The summed E-state index contributed by atoms with van der Waals surface area (Å²) in [7, 11) is 1.82. The van der Waals surface area contributed by atoms with Gasteiger partial charge in [-0.15, -0.1) is 11.3 Å². The number of amides is 2. The molecule has 3 aliphatic rings. The van der Waals surface area contributed by atoms with Crippen molar-refractivity contribution in [2.45, 2.75) is 63.8 Å². The molecule has 7 heteroatoms. The van der Waals surface area contributed by atoms with Gasteiger partial charge < -0.3 is 9.80 Å². The molecule has 1 atom stereocenters. The van der Waals surface area contributed by atoms with Crippen LogP contribution in [0.2, 0.25) is 0 Å². The lowest BCUT2D eigenvalue weighted by atomic mass is 9.84. The number of nitrogens with zero attached hydrogens (tertiary/aromatic N) is 2. The Morgan fingerprint density at radius 1 is 1.12 bits per heavy atom. The van der Waals surface area contributed by atoms with Crippen LogP contribution in [0.3, 0.4) is 0 Å². The molecule has 0 bridgehead atoms. The Hall–Kier alpha value is -2.28. The van der Waals surface area contributed by atoms with E-state index in [1.807, 2.05) is 11.9 Å². The van der Waals surface area contributed by atoms with E-state index in [4.69, 9.17) is 0 Å². The second-order valence-corrected chi connectivity index (χ2v) is 11.0. The van der Waals surface area contributed by atoms with Gasteiger partial charge in [0.2, 0.25) is 5.91 Å². The molecule has 2 aliphatic carbocycles. The molecule has 2 amide bonds. The Morgan fingerprint density at radius 3 is 2.56 bits per heavy atom. The molecular formula is C27H32F2N2O2S. The van der Waals surface area contributed by atoms with Crippen LogP contribution in [0, 0.1) is 23.5 Å². The number of piperidine rings is 1. The summed E-state index contributed by atoms with van der Waals surface area (Å²) in [6.45, 7) is 1.29. The molecule has 1 unspecified atom stereocenters. The van der Waals surface area contributed by atoms with Crippen LogP contribution in [0.15, 0.2) is 23.6 Å². The van der Waals surface area contributed by atoms with Crippen LogP contribution in [-0.4, -0.2) is 47.8 Å². The van der Waals surface area contributed by atoms with E-state index in [2.05, 4.69) is 5.38 Å². The maximum atomic E-state index is 14.5. The first kappa shape index (κ1) is 23.5. The molecule has 1 aromatic heterocycles. The molecular weight excluding hydrogens is 454 g/mol. The molecule has 34 heavy (non-hydrogen) atoms. The zero-order valence-electron chi connectivity index (χ0n) is 19.7. The van der Waals surface area contributed by atoms with Crippen molar-refractivity contribution in [2.24, 2.45) is 11.8 Å². The van der Waals surface area contributed by atoms with Crippen molar-refractivity contribution in [3.05, 3.63) is 56.8 Å². The third-order valence-corrected chi connectivity index (χ3v) is 8.94. The summed E-state index contributed by atoms with van der Waals surface area (Å²) < 4.78 is 27.9. The lowest BCUT2D eigenvalue weighted by molar-refractivity contribution is -0.134. The minimum atomic E-state index is -0.595. The number of hydrogen-bond acceptors (Lipinski definition) is 3. The maximum Gasteiger partial charge on any atom is 0.264 e. The largest absolute Gasteiger partial charge is 0.342 e. The van der Waals surface area contributed by atoms with E-state index >= 15 is 0 Å². The number of benzene rings is 1. The average Bonchev–Trinajstić information content (AvgIpc) is 3.61. The van der Waals surface area contributed by atoms with Crippen molar-refractivity contribution in [3.8, 4) is 0 Å². The fourth-order valence-electron chi connectivity index (χ4n) is 5.64. The van der Waals surface area contributed by atoms with Gasteiger partial charge in [0, 0.05) is 38.2 Å². The van der Waals surface area contributed by atoms with Gasteiger partial charge in [0.25, 0.3) is 5.91 Å². The highest BCUT2D eigenvalue weighted by atomic mass is 32.1. The second-order valence-electron chi connectivity index (χ2n) is 10.1. The highest BCUT2D eigenvalue weighted by Crippen LogP contribution is 2.35. The summed E-state index contributed by atoms with van der Waals surface area (Å²) in [5.74, 6) is -0.655. The highest BCUT2D eigenvalue weighted by molar-refractivity contribution is 7.12. The predicted octanol–water partition coefficient (Wildman–Crippen LogP) is 5.24. The van der Waals surface area contributed by atoms with E-state index < -0.39 is 11.6 Å². The van der Waals surface area contributed by atoms with Gasteiger partial charge in [-0.1, -0.05) is 6.07 Å². The zero-order valence-corrected chi connectivity index (χ0v) is 20.5. The quantitative estimate of drug-likeness (QED) is 0.561. The average molecular weight is 487 g/mol. The number of aryl methyl sites for hydroxylation is 1. The SMILES string of the molecule is CN(C(=O)C1CC1)C(Cc1ccc(F)cc1F)C1CCN(C(=O)c2scc3c2CCCC3)CC1. The van der Waals surface area contributed by atoms with Crippen LogP contribution in [0.1, 0.15) is 64.9 Å². The first-order valence-corrected chi connectivity index (χ1v) is 13.4. The van der Waals surface area contributed by atoms with E-state index in [0.717, 1.165) is 55.9 Å². The number of carbonyl (C=O) groups excluding carboxylic acids is 2. The molecule has 182 valence electrons. The lowest BCUT2D eigenvalue weighted by Crippen LogP contribution is -2.49. The third kappa shape index (κ3) is 4.77. The molecule has 1 aromatic carbocycles. The third-order valence-electron chi connectivity index (χ3n) is 7.88. The highest BCUT2D eigenvalue weighted by Gasteiger charge is 2.39. The Labute approximate surface area is 203 Å². The molecule has 0 spiro atoms. The molecule has 5 rings (SSSR count). The summed E-state index contributed by atoms with van der Waals surface area (Å²) in [6, 6.07) is 3.52. The number of carbonyl (C=O) groups is 2. The van der Waals surface area contributed by atoms with Crippen molar-refractivity contribution in [1.82, 2.24) is 9.80 Å². The Balaban J connectivity index is 1.29. The normalized spacial score (nSPS) is 19.6. The van der Waals surface area contributed by atoms with E-state index in [9.17, 15) is 18.4 Å². The topological polar surface area (TPSA) is 40.6 Å². The van der Waals surface area contributed by atoms with Gasteiger partial charge in [-0.3, -0.25) is 9.59 Å². The van der Waals surface area contributed by atoms with Gasteiger partial charge in [-0.25, -0.2) is 8.78 Å². The Morgan fingerprint density at radius 2 is 1.85 bits per heavy atom. The van der Waals surface area contributed by atoms with E-state index in [1.165, 1.54) is 29.7 Å². The molecule has 0 N–H and O–H groups in total. The Bertz CT molecular complexity index is 1070. The second kappa shape index (κ2) is 9.76. The van der Waals surface area contributed by atoms with Crippen LogP contribution in [0.4, 0.5) is 8.78 Å². The van der Waals surface area contributed by atoms with Crippen molar-refractivity contribution in [1.29, 1.82) is 0 Å². The number of halogens is 2. The summed E-state index contributed by atoms with van der Waals surface area (Å²) in [4.78, 5) is 30.9. The first-order chi connectivity index (χ1) is 16.4. The number of hydrogen-bond donors (Lipinski definition) is 0. The number of thiophene rings is 1. The van der Waals surface area contributed by atoms with Crippen LogP contribution in [-0.2, 0) is 24.1 Å². The van der Waals surface area contributed by atoms with E-state index in [-0.39, 0.29) is 29.7 Å². The number of rotatable bonds is 6. The molecule has 0 radical (unpaired) electrons. The fraction of sp³-hybridized carbons (Fsp3) is 0.556. The minimum absolute atomic E-state index is 0.0808. The molecule has 1 saturated heterocycles. The van der Waals surface area contributed by atoms with E-state index in [0.29, 0.717) is 25.1 Å². The molecule has 2 fully saturated rings. The zero-order chi connectivity index (χ0) is 23.8. The van der Waals surface area contributed by atoms with Gasteiger partial charge in [0.15, 0.2) is 0 Å². The summed E-state index contributed by atoms with van der Waals surface area (Å²) >= 11 is 1.58. The molecule has 2 heterocycles. The van der Waals surface area contributed by atoms with Crippen molar-refractivity contribution < 1.29 is 18.4 Å². The van der Waals surface area contributed by atoms with Crippen LogP contribution < -0.4 is 0 Å². The van der Waals surface area contributed by atoms with Gasteiger partial charge in [0.1, 0.15) is 11.6 Å². The van der Waals surface area contributed by atoms with Gasteiger partial charge >= 0.3 is 0 Å². The van der Waals surface area contributed by atoms with Crippen LogP contribution in [0.25, 0.3) is 0 Å². The lowest BCUT2D eigenvalue weighted by Gasteiger charge is -2.40. The number of likely N-dealkylation sites (N-methyl/N-ethyl adjacent to an activating group) is 1. The van der Waals surface area contributed by atoms with Crippen molar-refractivity contribution >= 4 is 23.2 Å². The van der Waals surface area contributed by atoms with Gasteiger partial charge in [-0.05, 0) is 91.8 Å². The molecule has 4 nitrogen and oxygen atoms in total. The summed E-state index contributed by atoms with van der Waals surface area (Å²) in [5.41, 5.74) is 3.03. The smallest absolute Gasteiger partial charge is 0.264 e. The van der Waals surface area contributed by atoms with E-state index in [1.54, 1.807) is 16.2 Å². The summed E-state index contributed by atoms with van der Waals surface area (Å²) in [6.07, 6.45) is 8.15. The van der Waals surface area contributed by atoms with Gasteiger partial charge in [0.05, 0.1) is 4.88 Å². The number of fused-ring (bicyclic) bond motifs is 1. The standard InChI is InChI=1S/C27H32F2N2O2S/c1-30(26(32)18-6-7-18)24(14-19-8-9-21(28)15-23(19)29)17-10-12-31(13-11-17)27(33)25-22-5-3-2-4-20(22)16-34-25/h8-9,15-18,24H,2-7,10-14H2,1H3. The predicted molar refractivity (Wildman–Crippen MR) is 129 cm³/mol. The van der Waals surface area contributed by atoms with Crippen LogP contribution >= 0.6 is 11.3 Å². The number of likely N-dealkylation sites (tertiary alicyclic amines) is 1. The molecule has 2 aromatic rings. The molecule has 1 saturated carbocycles. The van der Waals surface area contributed by atoms with Crippen molar-refractivity contribution in [3.63, 3.8) is 0 Å². The first-order valence-electron chi connectivity index (χ1n) is 12.5.